The molecule has 2 nitrogen and oxygen atoms in total. The first kappa shape index (κ1) is 13.2. The van der Waals surface area contributed by atoms with Crippen LogP contribution in [0.1, 0.15) is 23.9 Å². The Morgan fingerprint density at radius 3 is 2.89 bits per heavy atom. The molecule has 0 aliphatic carbocycles. The molecular formula is C14H17FN2S. The second-order valence-electron chi connectivity index (χ2n) is 4.18. The summed E-state index contributed by atoms with van der Waals surface area (Å²) in [5.41, 5.74) is 2.00. The Bertz CT molecular complexity index is 499. The lowest BCUT2D eigenvalue weighted by Gasteiger charge is -1.98. The number of benzene rings is 1. The number of hydrogen-bond donors (Lipinski definition) is 1. The maximum Gasteiger partial charge on any atom is 0.124 e. The van der Waals surface area contributed by atoms with E-state index in [9.17, 15) is 4.39 Å². The first-order chi connectivity index (χ1) is 8.74. The molecule has 96 valence electrons. The van der Waals surface area contributed by atoms with Gasteiger partial charge in [-0.3, -0.25) is 0 Å². The zero-order valence-corrected chi connectivity index (χ0v) is 11.5. The monoisotopic (exact) mass is 264 g/mol. The van der Waals surface area contributed by atoms with E-state index >= 15 is 0 Å². The third-order valence-corrected chi connectivity index (χ3v) is 3.82. The van der Waals surface area contributed by atoms with Crippen LogP contribution in [0.3, 0.4) is 0 Å². The number of rotatable bonds is 5. The Kier molecular flexibility index (Phi) is 4.44. The molecule has 2 rings (SSSR count). The Morgan fingerprint density at radius 2 is 2.22 bits per heavy atom. The van der Waals surface area contributed by atoms with E-state index in [1.54, 1.807) is 17.4 Å². The predicted octanol–water partition coefficient (Wildman–Crippen LogP) is 3.62. The van der Waals surface area contributed by atoms with E-state index < -0.39 is 0 Å². The normalized spacial score (nSPS) is 10.8. The third kappa shape index (κ3) is 2.94. The molecule has 0 atom stereocenters. The molecule has 18 heavy (non-hydrogen) atoms. The Balaban J connectivity index is 2.36. The minimum absolute atomic E-state index is 0.213. The molecular weight excluding hydrogens is 247 g/mol. The third-order valence-electron chi connectivity index (χ3n) is 2.67. The summed E-state index contributed by atoms with van der Waals surface area (Å²) in [6, 6.07) is 6.63. The van der Waals surface area contributed by atoms with Crippen LogP contribution < -0.4 is 5.32 Å². The van der Waals surface area contributed by atoms with Gasteiger partial charge in [-0.15, -0.1) is 11.3 Å². The molecule has 0 fully saturated rings. The Hall–Kier alpha value is -1.26. The van der Waals surface area contributed by atoms with E-state index in [0.29, 0.717) is 0 Å². The van der Waals surface area contributed by atoms with Crippen LogP contribution in [0.4, 0.5) is 4.39 Å². The second-order valence-corrected chi connectivity index (χ2v) is 5.26. The number of hydrogen-bond acceptors (Lipinski definition) is 3. The largest absolute Gasteiger partial charge is 0.315 e. The quantitative estimate of drug-likeness (QED) is 0.892. The molecule has 1 N–H and O–H groups in total. The fourth-order valence-electron chi connectivity index (χ4n) is 1.86. The van der Waals surface area contributed by atoms with Gasteiger partial charge in [0.25, 0.3) is 0 Å². The summed E-state index contributed by atoms with van der Waals surface area (Å²) in [5, 5.41) is 4.06. The lowest BCUT2D eigenvalue weighted by Crippen LogP contribution is -2.05. The van der Waals surface area contributed by atoms with E-state index in [4.69, 9.17) is 0 Å². The highest BCUT2D eigenvalue weighted by Crippen LogP contribution is 2.29. The van der Waals surface area contributed by atoms with Crippen molar-refractivity contribution in [2.45, 2.75) is 26.3 Å². The van der Waals surface area contributed by atoms with Gasteiger partial charge in [-0.05, 0) is 25.6 Å². The molecule has 0 aliphatic heterocycles. The molecule has 0 aliphatic rings. The molecule has 1 aromatic heterocycles. The van der Waals surface area contributed by atoms with Crippen molar-refractivity contribution < 1.29 is 4.39 Å². The van der Waals surface area contributed by atoms with Crippen LogP contribution in [0.25, 0.3) is 10.6 Å². The van der Waals surface area contributed by atoms with Crippen LogP contribution >= 0.6 is 11.3 Å². The molecule has 1 heterocycles. The van der Waals surface area contributed by atoms with Crippen molar-refractivity contribution in [1.29, 1.82) is 0 Å². The Labute approximate surface area is 111 Å². The highest BCUT2D eigenvalue weighted by atomic mass is 32.1. The highest BCUT2D eigenvalue weighted by Gasteiger charge is 2.11. The van der Waals surface area contributed by atoms with E-state index in [0.717, 1.165) is 35.7 Å². The van der Waals surface area contributed by atoms with Crippen LogP contribution in [0, 0.1) is 5.82 Å². The number of halogens is 1. The van der Waals surface area contributed by atoms with Crippen LogP contribution in [0.15, 0.2) is 24.3 Å². The molecule has 1 aromatic carbocycles. The molecule has 4 heteroatoms. The number of thiazole rings is 1. The molecule has 0 saturated heterocycles. The van der Waals surface area contributed by atoms with Gasteiger partial charge in [-0.1, -0.05) is 25.5 Å². The molecule has 0 amide bonds. The maximum atomic E-state index is 13.2. The smallest absolute Gasteiger partial charge is 0.124 e. The number of nitrogens with one attached hydrogen (secondary N) is 1. The number of aromatic nitrogens is 1. The van der Waals surface area contributed by atoms with Gasteiger partial charge in [0.05, 0.1) is 5.69 Å². The standard InChI is InChI=1S/C14H17FN2S/c1-3-5-12-13(9-16-2)18-14(17-12)10-6-4-7-11(15)8-10/h4,6-8,16H,3,5,9H2,1-2H3. The average molecular weight is 264 g/mol. The molecule has 2 aromatic rings. The first-order valence-electron chi connectivity index (χ1n) is 6.13. The van der Waals surface area contributed by atoms with Crippen molar-refractivity contribution in [2.24, 2.45) is 0 Å². The lowest BCUT2D eigenvalue weighted by molar-refractivity contribution is 0.628. The highest BCUT2D eigenvalue weighted by molar-refractivity contribution is 7.15. The van der Waals surface area contributed by atoms with Crippen molar-refractivity contribution >= 4 is 11.3 Å². The van der Waals surface area contributed by atoms with Crippen molar-refractivity contribution in [2.75, 3.05) is 7.05 Å². The van der Waals surface area contributed by atoms with Crippen molar-refractivity contribution in [1.82, 2.24) is 10.3 Å². The Morgan fingerprint density at radius 1 is 1.39 bits per heavy atom. The van der Waals surface area contributed by atoms with Gasteiger partial charge in [0.1, 0.15) is 10.8 Å². The van der Waals surface area contributed by atoms with Gasteiger partial charge in [0.15, 0.2) is 0 Å². The first-order valence-corrected chi connectivity index (χ1v) is 6.95. The van der Waals surface area contributed by atoms with Gasteiger partial charge in [-0.2, -0.15) is 0 Å². The van der Waals surface area contributed by atoms with E-state index in [1.807, 2.05) is 13.1 Å². The summed E-state index contributed by atoms with van der Waals surface area (Å²) in [5.74, 6) is -0.213. The number of aryl methyl sites for hydroxylation is 1. The predicted molar refractivity (Wildman–Crippen MR) is 74.3 cm³/mol. The van der Waals surface area contributed by atoms with Gasteiger partial charge < -0.3 is 5.32 Å². The molecule has 0 saturated carbocycles. The minimum atomic E-state index is -0.213. The average Bonchev–Trinajstić information content (AvgIpc) is 2.74. The SMILES string of the molecule is CCCc1nc(-c2cccc(F)c2)sc1CNC. The van der Waals surface area contributed by atoms with Crippen molar-refractivity contribution in [3.8, 4) is 10.6 Å². The summed E-state index contributed by atoms with van der Waals surface area (Å²) < 4.78 is 13.2. The minimum Gasteiger partial charge on any atom is -0.315 e. The summed E-state index contributed by atoms with van der Waals surface area (Å²) in [6.07, 6.45) is 2.05. The van der Waals surface area contributed by atoms with Crippen molar-refractivity contribution in [3.63, 3.8) is 0 Å². The topological polar surface area (TPSA) is 24.9 Å². The fraction of sp³-hybridized carbons (Fsp3) is 0.357. The lowest BCUT2D eigenvalue weighted by atomic mass is 10.2. The van der Waals surface area contributed by atoms with E-state index in [-0.39, 0.29) is 5.82 Å². The maximum absolute atomic E-state index is 13.2. The van der Waals surface area contributed by atoms with Gasteiger partial charge in [0, 0.05) is 17.0 Å². The molecule has 0 bridgehead atoms. The molecule has 0 unspecified atom stereocenters. The molecule has 0 spiro atoms. The zero-order valence-electron chi connectivity index (χ0n) is 10.7. The summed E-state index contributed by atoms with van der Waals surface area (Å²) in [7, 11) is 1.93. The van der Waals surface area contributed by atoms with Crippen LogP contribution in [0.2, 0.25) is 0 Å². The fourth-order valence-corrected chi connectivity index (χ4v) is 2.98. The van der Waals surface area contributed by atoms with Gasteiger partial charge >= 0.3 is 0 Å². The van der Waals surface area contributed by atoms with Gasteiger partial charge in [0.2, 0.25) is 0 Å². The van der Waals surface area contributed by atoms with E-state index in [1.165, 1.54) is 17.0 Å². The van der Waals surface area contributed by atoms with E-state index in [2.05, 4.69) is 17.2 Å². The van der Waals surface area contributed by atoms with Gasteiger partial charge in [-0.25, -0.2) is 9.37 Å². The van der Waals surface area contributed by atoms with Crippen molar-refractivity contribution in [3.05, 3.63) is 40.7 Å². The second kappa shape index (κ2) is 6.07. The summed E-state index contributed by atoms with van der Waals surface area (Å²) in [4.78, 5) is 5.89. The van der Waals surface area contributed by atoms with Crippen LogP contribution in [0.5, 0.6) is 0 Å². The summed E-state index contributed by atoms with van der Waals surface area (Å²) >= 11 is 1.65. The number of nitrogens with zero attached hydrogens (tertiary/aromatic N) is 1. The van der Waals surface area contributed by atoms with Crippen LogP contribution in [-0.2, 0) is 13.0 Å². The summed E-state index contributed by atoms with van der Waals surface area (Å²) in [6.45, 7) is 2.96. The van der Waals surface area contributed by atoms with Crippen LogP contribution in [-0.4, -0.2) is 12.0 Å². The zero-order chi connectivity index (χ0) is 13.0. The molecule has 0 radical (unpaired) electrons.